The third-order valence-electron chi connectivity index (χ3n) is 4.54. The fourth-order valence-electron chi connectivity index (χ4n) is 3.33. The minimum absolute atomic E-state index is 0.0922. The minimum atomic E-state index is 0.0922. The smallest absolute Gasteiger partial charge is 0.223 e. The van der Waals surface area contributed by atoms with Gasteiger partial charge in [0.05, 0.1) is 0 Å². The van der Waals surface area contributed by atoms with Crippen LogP contribution in [0.2, 0.25) is 0 Å². The molecule has 1 aliphatic rings. The molecular weight excluding hydrogens is 276 g/mol. The number of fused-ring (bicyclic) bond motifs is 3. The van der Waals surface area contributed by atoms with E-state index in [1.54, 1.807) is 7.11 Å². The molecule has 118 valence electrons. The highest BCUT2D eigenvalue weighted by Gasteiger charge is 2.27. The lowest BCUT2D eigenvalue weighted by Gasteiger charge is -2.22. The van der Waals surface area contributed by atoms with Crippen LogP contribution in [0.25, 0.3) is 10.9 Å². The number of H-pyrrole nitrogens is 1. The van der Waals surface area contributed by atoms with Crippen molar-refractivity contribution < 1.29 is 9.53 Å². The zero-order valence-corrected chi connectivity index (χ0v) is 13.4. The fourth-order valence-corrected chi connectivity index (χ4v) is 3.33. The van der Waals surface area contributed by atoms with Crippen LogP contribution in [0.4, 0.5) is 0 Å². The second-order valence-corrected chi connectivity index (χ2v) is 6.21. The van der Waals surface area contributed by atoms with Crippen molar-refractivity contribution in [3.05, 3.63) is 35.0 Å². The predicted octanol–water partition coefficient (Wildman–Crippen LogP) is 2.73. The Kier molecular flexibility index (Phi) is 4.48. The topological polar surface area (TPSA) is 54.1 Å². The van der Waals surface area contributed by atoms with E-state index >= 15 is 0 Å². The number of hydrogen-bond donors (Lipinski definition) is 2. The van der Waals surface area contributed by atoms with Crippen LogP contribution in [0, 0.1) is 12.8 Å². The summed E-state index contributed by atoms with van der Waals surface area (Å²) in [4.78, 5) is 15.8. The SMILES string of the molecule is COCCCNC(=O)C1CCc2[nH]c3ccc(C)cc3c2C1. The van der Waals surface area contributed by atoms with Crippen molar-refractivity contribution in [2.75, 3.05) is 20.3 Å². The van der Waals surface area contributed by atoms with Crippen molar-refractivity contribution in [1.82, 2.24) is 10.3 Å². The average molecular weight is 300 g/mol. The highest BCUT2D eigenvalue weighted by molar-refractivity contribution is 5.87. The van der Waals surface area contributed by atoms with Crippen LogP contribution < -0.4 is 5.32 Å². The number of aryl methyl sites for hydroxylation is 2. The maximum atomic E-state index is 12.3. The Bertz CT molecular complexity index is 675. The second-order valence-electron chi connectivity index (χ2n) is 6.21. The molecule has 1 unspecified atom stereocenters. The highest BCUT2D eigenvalue weighted by Crippen LogP contribution is 2.32. The van der Waals surface area contributed by atoms with Crippen molar-refractivity contribution in [3.8, 4) is 0 Å². The first-order valence-electron chi connectivity index (χ1n) is 8.05. The molecule has 0 radical (unpaired) electrons. The van der Waals surface area contributed by atoms with Crippen molar-refractivity contribution in [2.45, 2.75) is 32.6 Å². The number of rotatable bonds is 5. The van der Waals surface area contributed by atoms with Gasteiger partial charge in [-0.3, -0.25) is 4.79 Å². The summed E-state index contributed by atoms with van der Waals surface area (Å²) in [6, 6.07) is 6.50. The molecule has 0 saturated carbocycles. The van der Waals surface area contributed by atoms with Crippen LogP contribution in [0.3, 0.4) is 0 Å². The molecule has 1 amide bonds. The molecule has 2 N–H and O–H groups in total. The first kappa shape index (κ1) is 15.1. The van der Waals surface area contributed by atoms with Crippen molar-refractivity contribution in [2.24, 2.45) is 5.92 Å². The Labute approximate surface area is 131 Å². The van der Waals surface area contributed by atoms with Crippen LogP contribution in [0.5, 0.6) is 0 Å². The summed E-state index contributed by atoms with van der Waals surface area (Å²) < 4.78 is 5.01. The monoisotopic (exact) mass is 300 g/mol. The number of benzene rings is 1. The molecule has 1 aromatic heterocycles. The first-order chi connectivity index (χ1) is 10.7. The van der Waals surface area contributed by atoms with Gasteiger partial charge in [0, 0.05) is 42.8 Å². The van der Waals surface area contributed by atoms with Crippen molar-refractivity contribution in [1.29, 1.82) is 0 Å². The quantitative estimate of drug-likeness (QED) is 0.834. The van der Waals surface area contributed by atoms with Crippen LogP contribution >= 0.6 is 0 Å². The summed E-state index contributed by atoms with van der Waals surface area (Å²) in [5, 5.41) is 4.32. The number of carbonyl (C=O) groups excluding carboxylic acids is 1. The van der Waals surface area contributed by atoms with Gasteiger partial charge in [0.15, 0.2) is 0 Å². The number of methoxy groups -OCH3 is 1. The van der Waals surface area contributed by atoms with E-state index < -0.39 is 0 Å². The molecular formula is C18H24N2O2. The third-order valence-corrected chi connectivity index (χ3v) is 4.54. The number of aromatic nitrogens is 1. The highest BCUT2D eigenvalue weighted by atomic mass is 16.5. The largest absolute Gasteiger partial charge is 0.385 e. The third kappa shape index (κ3) is 3.02. The van der Waals surface area contributed by atoms with Crippen LogP contribution in [0.15, 0.2) is 18.2 Å². The lowest BCUT2D eigenvalue weighted by molar-refractivity contribution is -0.125. The van der Waals surface area contributed by atoms with E-state index in [0.717, 1.165) is 25.7 Å². The van der Waals surface area contributed by atoms with Gasteiger partial charge < -0.3 is 15.0 Å². The van der Waals surface area contributed by atoms with Gasteiger partial charge in [-0.05, 0) is 50.3 Å². The minimum Gasteiger partial charge on any atom is -0.385 e. The Hall–Kier alpha value is -1.81. The van der Waals surface area contributed by atoms with Crippen LogP contribution in [-0.4, -0.2) is 31.2 Å². The summed E-state index contributed by atoms with van der Waals surface area (Å²) in [5.74, 6) is 0.276. The molecule has 1 aliphatic carbocycles. The van der Waals surface area contributed by atoms with Gasteiger partial charge in [0.25, 0.3) is 0 Å². The van der Waals surface area contributed by atoms with Crippen LogP contribution in [-0.2, 0) is 22.4 Å². The molecule has 4 nitrogen and oxygen atoms in total. The Morgan fingerprint density at radius 3 is 3.14 bits per heavy atom. The van der Waals surface area contributed by atoms with Crippen LogP contribution in [0.1, 0.15) is 29.7 Å². The number of hydrogen-bond acceptors (Lipinski definition) is 2. The maximum Gasteiger partial charge on any atom is 0.223 e. The lowest BCUT2D eigenvalue weighted by atomic mass is 9.85. The fraction of sp³-hybridized carbons (Fsp3) is 0.500. The molecule has 0 saturated heterocycles. The zero-order chi connectivity index (χ0) is 15.5. The molecule has 0 bridgehead atoms. The average Bonchev–Trinajstić information content (AvgIpc) is 2.88. The molecule has 1 aromatic carbocycles. The van der Waals surface area contributed by atoms with E-state index in [2.05, 4.69) is 35.4 Å². The Morgan fingerprint density at radius 1 is 1.45 bits per heavy atom. The molecule has 1 atom stereocenters. The summed E-state index contributed by atoms with van der Waals surface area (Å²) >= 11 is 0. The first-order valence-corrected chi connectivity index (χ1v) is 8.05. The van der Waals surface area contributed by atoms with E-state index in [1.807, 2.05) is 0 Å². The molecule has 0 fully saturated rings. The van der Waals surface area contributed by atoms with Gasteiger partial charge >= 0.3 is 0 Å². The van der Waals surface area contributed by atoms with Gasteiger partial charge in [-0.1, -0.05) is 11.6 Å². The summed E-state index contributed by atoms with van der Waals surface area (Å²) in [7, 11) is 1.68. The van der Waals surface area contributed by atoms with E-state index in [9.17, 15) is 4.79 Å². The standard InChI is InChI=1S/C18H24N2O2/c1-12-4-6-16-14(10-12)15-11-13(5-7-17(15)20-16)18(21)19-8-3-9-22-2/h4,6,10,13,20H,3,5,7-9,11H2,1-2H3,(H,19,21). The summed E-state index contributed by atoms with van der Waals surface area (Å²) in [6.45, 7) is 3.50. The van der Waals surface area contributed by atoms with Gasteiger partial charge in [0.1, 0.15) is 0 Å². The number of carbonyl (C=O) groups is 1. The Balaban J connectivity index is 1.71. The lowest BCUT2D eigenvalue weighted by Crippen LogP contribution is -2.34. The molecule has 1 heterocycles. The number of aromatic amines is 1. The second kappa shape index (κ2) is 6.53. The molecule has 3 rings (SSSR count). The van der Waals surface area contributed by atoms with E-state index in [0.29, 0.717) is 13.2 Å². The summed E-state index contributed by atoms with van der Waals surface area (Å²) in [5.41, 5.74) is 5.10. The molecule has 22 heavy (non-hydrogen) atoms. The number of nitrogens with one attached hydrogen (secondary N) is 2. The van der Waals surface area contributed by atoms with Gasteiger partial charge in [0.2, 0.25) is 5.91 Å². The number of ether oxygens (including phenoxy) is 1. The maximum absolute atomic E-state index is 12.3. The molecule has 4 heteroatoms. The molecule has 0 aliphatic heterocycles. The van der Waals surface area contributed by atoms with E-state index in [-0.39, 0.29) is 11.8 Å². The molecule has 2 aromatic rings. The van der Waals surface area contributed by atoms with Gasteiger partial charge in [-0.2, -0.15) is 0 Å². The van der Waals surface area contributed by atoms with Gasteiger partial charge in [-0.25, -0.2) is 0 Å². The number of amides is 1. The zero-order valence-electron chi connectivity index (χ0n) is 13.4. The summed E-state index contributed by atoms with van der Waals surface area (Å²) in [6.07, 6.45) is 3.59. The van der Waals surface area contributed by atoms with E-state index in [1.165, 1.54) is 27.7 Å². The normalized spacial score (nSPS) is 17.5. The molecule has 0 spiro atoms. The Morgan fingerprint density at radius 2 is 2.32 bits per heavy atom. The van der Waals surface area contributed by atoms with Gasteiger partial charge in [-0.15, -0.1) is 0 Å². The van der Waals surface area contributed by atoms with Crippen molar-refractivity contribution >= 4 is 16.8 Å². The van der Waals surface area contributed by atoms with E-state index in [4.69, 9.17) is 4.74 Å². The predicted molar refractivity (Wildman–Crippen MR) is 88.1 cm³/mol. The van der Waals surface area contributed by atoms with Crippen molar-refractivity contribution in [3.63, 3.8) is 0 Å².